The Morgan fingerprint density at radius 1 is 1.44 bits per heavy atom. The van der Waals surface area contributed by atoms with Crippen molar-refractivity contribution in [2.24, 2.45) is 0 Å². The third-order valence-electron chi connectivity index (χ3n) is 2.15. The van der Waals surface area contributed by atoms with E-state index in [2.05, 4.69) is 15.9 Å². The summed E-state index contributed by atoms with van der Waals surface area (Å²) in [4.78, 5) is 20.6. The molecule has 1 aromatic rings. The van der Waals surface area contributed by atoms with Gasteiger partial charge in [0, 0.05) is 6.07 Å². The van der Waals surface area contributed by atoms with Gasteiger partial charge in [-0.2, -0.15) is 13.2 Å². The summed E-state index contributed by atoms with van der Waals surface area (Å²) in [5.41, 5.74) is -2.29. The molecule has 0 aliphatic carbocycles. The number of Topliss-reactive ketones (excluding diaryl/α,β-unsaturated/α-hetero) is 1. The minimum absolute atomic E-state index is 0.498. The van der Waals surface area contributed by atoms with Crippen molar-refractivity contribution in [3.8, 4) is 0 Å². The van der Waals surface area contributed by atoms with Crippen LogP contribution in [0.15, 0.2) is 18.2 Å². The van der Waals surface area contributed by atoms with Crippen LogP contribution >= 0.6 is 15.9 Å². The second-order valence-corrected chi connectivity index (χ2v) is 4.84. The highest BCUT2D eigenvalue weighted by Crippen LogP contribution is 2.33. The van der Waals surface area contributed by atoms with Crippen molar-refractivity contribution >= 4 is 27.4 Å². The summed E-state index contributed by atoms with van der Waals surface area (Å²) in [6.07, 6.45) is -4.65. The van der Waals surface area contributed by atoms with E-state index < -0.39 is 38.5 Å². The van der Waals surface area contributed by atoms with Crippen LogP contribution in [0.1, 0.15) is 22.8 Å². The Bertz CT molecular complexity index is 500. The number of nitrogens with zero attached hydrogens (tertiary/aromatic N) is 1. The third-order valence-corrected chi connectivity index (χ3v) is 2.56. The first-order valence-corrected chi connectivity index (χ1v) is 5.60. The van der Waals surface area contributed by atoms with Crippen LogP contribution in [0.3, 0.4) is 0 Å². The number of benzene rings is 1. The number of hydrogen-bond acceptors (Lipinski definition) is 3. The first-order chi connectivity index (χ1) is 8.14. The molecule has 1 unspecified atom stereocenters. The van der Waals surface area contributed by atoms with E-state index >= 15 is 0 Å². The highest BCUT2D eigenvalue weighted by molar-refractivity contribution is 9.10. The van der Waals surface area contributed by atoms with Crippen molar-refractivity contribution in [2.75, 3.05) is 0 Å². The van der Waals surface area contributed by atoms with Crippen molar-refractivity contribution in [1.82, 2.24) is 0 Å². The first-order valence-electron chi connectivity index (χ1n) is 4.68. The molecule has 0 N–H and O–H groups in total. The SMILES string of the molecule is CC(Br)C(=O)c1cc(C(F)(F)F)ccc1[N+](=O)[O-]. The quantitative estimate of drug-likeness (QED) is 0.369. The second-order valence-electron chi connectivity index (χ2n) is 3.47. The van der Waals surface area contributed by atoms with Crippen LogP contribution < -0.4 is 0 Å². The Morgan fingerprint density at radius 3 is 2.39 bits per heavy atom. The maximum Gasteiger partial charge on any atom is 0.416 e. The maximum atomic E-state index is 12.5. The summed E-state index contributed by atoms with van der Waals surface area (Å²) in [5.74, 6) is -0.771. The number of carbonyl (C=O) groups is 1. The Kier molecular flexibility index (Phi) is 4.10. The van der Waals surface area contributed by atoms with Crippen molar-refractivity contribution in [1.29, 1.82) is 0 Å². The van der Waals surface area contributed by atoms with Crippen molar-refractivity contribution in [2.45, 2.75) is 17.9 Å². The lowest BCUT2D eigenvalue weighted by Gasteiger charge is -2.09. The molecule has 0 fully saturated rings. The summed E-state index contributed by atoms with van der Waals surface area (Å²) in [7, 11) is 0. The number of hydrogen-bond donors (Lipinski definition) is 0. The minimum atomic E-state index is -4.65. The molecule has 4 nitrogen and oxygen atoms in total. The predicted octanol–water partition coefficient (Wildman–Crippen LogP) is 3.58. The van der Waals surface area contributed by atoms with Gasteiger partial charge in [-0.05, 0) is 19.1 Å². The standard InChI is InChI=1S/C10H7BrF3NO3/c1-5(11)9(16)7-4-6(10(12,13)14)2-3-8(7)15(17)18/h2-5H,1H3. The molecular formula is C10H7BrF3NO3. The van der Waals surface area contributed by atoms with E-state index in [4.69, 9.17) is 0 Å². The number of ketones is 1. The highest BCUT2D eigenvalue weighted by Gasteiger charge is 2.34. The fourth-order valence-electron chi connectivity index (χ4n) is 1.28. The average molecular weight is 326 g/mol. The van der Waals surface area contributed by atoms with E-state index in [0.29, 0.717) is 18.2 Å². The van der Waals surface area contributed by atoms with E-state index in [0.717, 1.165) is 0 Å². The fraction of sp³-hybridized carbons (Fsp3) is 0.300. The Labute approximate surface area is 108 Å². The molecule has 0 bridgehead atoms. The number of alkyl halides is 4. The van der Waals surface area contributed by atoms with Crippen molar-refractivity contribution in [3.63, 3.8) is 0 Å². The molecule has 0 aliphatic rings. The largest absolute Gasteiger partial charge is 0.416 e. The van der Waals surface area contributed by atoms with Gasteiger partial charge in [0.05, 0.1) is 20.9 Å². The Hall–Kier alpha value is -1.44. The smallest absolute Gasteiger partial charge is 0.293 e. The van der Waals surface area contributed by atoms with Gasteiger partial charge >= 0.3 is 6.18 Å². The number of nitro benzene ring substituents is 1. The van der Waals surface area contributed by atoms with E-state index in [1.165, 1.54) is 6.92 Å². The number of nitro groups is 1. The van der Waals surface area contributed by atoms with Crippen molar-refractivity contribution in [3.05, 3.63) is 39.4 Å². The van der Waals surface area contributed by atoms with Gasteiger partial charge in [-0.25, -0.2) is 0 Å². The number of rotatable bonds is 3. The van der Waals surface area contributed by atoms with Crippen LogP contribution in [0.5, 0.6) is 0 Å². The predicted molar refractivity (Wildman–Crippen MR) is 60.8 cm³/mol. The second kappa shape index (κ2) is 5.05. The summed E-state index contributed by atoms with van der Waals surface area (Å²) >= 11 is 2.88. The lowest BCUT2D eigenvalue weighted by Crippen LogP contribution is -2.14. The topological polar surface area (TPSA) is 60.2 Å². The molecular weight excluding hydrogens is 319 g/mol. The van der Waals surface area contributed by atoms with Gasteiger partial charge in [0.15, 0.2) is 5.78 Å². The number of carbonyl (C=O) groups excluding carboxylic acids is 1. The molecule has 1 atom stereocenters. The molecule has 0 aromatic heterocycles. The molecule has 0 saturated heterocycles. The molecule has 1 rings (SSSR count). The zero-order chi connectivity index (χ0) is 14.1. The van der Waals surface area contributed by atoms with E-state index in [1.807, 2.05) is 0 Å². The van der Waals surface area contributed by atoms with E-state index in [-0.39, 0.29) is 0 Å². The molecule has 0 heterocycles. The molecule has 98 valence electrons. The zero-order valence-electron chi connectivity index (χ0n) is 8.99. The summed E-state index contributed by atoms with van der Waals surface area (Å²) in [5, 5.41) is 10.7. The maximum absolute atomic E-state index is 12.5. The van der Waals surface area contributed by atoms with Crippen LogP contribution in [-0.2, 0) is 6.18 Å². The van der Waals surface area contributed by atoms with Crippen LogP contribution in [0.2, 0.25) is 0 Å². The van der Waals surface area contributed by atoms with Gasteiger partial charge in [0.1, 0.15) is 0 Å². The van der Waals surface area contributed by atoms with Gasteiger partial charge in [0.2, 0.25) is 0 Å². The fourth-order valence-corrected chi connectivity index (χ4v) is 1.53. The Morgan fingerprint density at radius 2 is 2.00 bits per heavy atom. The van der Waals surface area contributed by atoms with Crippen LogP contribution in [0.4, 0.5) is 18.9 Å². The van der Waals surface area contributed by atoms with Crippen LogP contribution in [-0.4, -0.2) is 15.5 Å². The highest BCUT2D eigenvalue weighted by atomic mass is 79.9. The average Bonchev–Trinajstić information content (AvgIpc) is 2.25. The molecule has 8 heteroatoms. The molecule has 0 saturated carbocycles. The monoisotopic (exact) mass is 325 g/mol. The summed E-state index contributed by atoms with van der Waals surface area (Å²) in [6.45, 7) is 1.38. The molecule has 1 aromatic carbocycles. The van der Waals surface area contributed by atoms with Crippen molar-refractivity contribution < 1.29 is 22.9 Å². The van der Waals surface area contributed by atoms with Gasteiger partial charge in [-0.1, -0.05) is 15.9 Å². The molecule has 0 aliphatic heterocycles. The normalized spacial score (nSPS) is 13.2. The molecule has 18 heavy (non-hydrogen) atoms. The first kappa shape index (κ1) is 14.6. The van der Waals surface area contributed by atoms with Gasteiger partial charge < -0.3 is 0 Å². The molecule has 0 radical (unpaired) electrons. The number of halogens is 4. The van der Waals surface area contributed by atoms with Gasteiger partial charge in [-0.15, -0.1) is 0 Å². The van der Waals surface area contributed by atoms with E-state index in [9.17, 15) is 28.1 Å². The summed E-state index contributed by atoms with van der Waals surface area (Å²) in [6, 6.07) is 1.76. The van der Waals surface area contributed by atoms with Crippen LogP contribution in [0, 0.1) is 10.1 Å². The van der Waals surface area contributed by atoms with E-state index in [1.54, 1.807) is 0 Å². The third kappa shape index (κ3) is 3.06. The van der Waals surface area contributed by atoms with Gasteiger partial charge in [0.25, 0.3) is 5.69 Å². The molecule has 0 spiro atoms. The lowest BCUT2D eigenvalue weighted by atomic mass is 10.0. The van der Waals surface area contributed by atoms with Crippen LogP contribution in [0.25, 0.3) is 0 Å². The zero-order valence-corrected chi connectivity index (χ0v) is 10.6. The summed E-state index contributed by atoms with van der Waals surface area (Å²) < 4.78 is 37.4. The Balaban J connectivity index is 3.43. The molecule has 0 amide bonds. The van der Waals surface area contributed by atoms with Gasteiger partial charge in [-0.3, -0.25) is 14.9 Å². The minimum Gasteiger partial charge on any atom is -0.293 e. The lowest BCUT2D eigenvalue weighted by molar-refractivity contribution is -0.385.